The van der Waals surface area contributed by atoms with Crippen LogP contribution in [-0.2, 0) is 10.0 Å². The number of nitrogen functional groups attached to an aromatic ring is 1. The highest BCUT2D eigenvalue weighted by molar-refractivity contribution is 7.89. The molecular formula is C13H20N2O2S. The maximum atomic E-state index is 12.1. The van der Waals surface area contributed by atoms with Crippen LogP contribution in [0.15, 0.2) is 29.2 Å². The Kier molecular flexibility index (Phi) is 3.92. The summed E-state index contributed by atoms with van der Waals surface area (Å²) < 4.78 is 26.9. The van der Waals surface area contributed by atoms with Gasteiger partial charge < -0.3 is 5.73 Å². The van der Waals surface area contributed by atoms with Crippen LogP contribution < -0.4 is 10.5 Å². The second-order valence-corrected chi connectivity index (χ2v) is 6.91. The molecule has 1 aromatic carbocycles. The Morgan fingerprint density at radius 2 is 2.06 bits per heavy atom. The van der Waals surface area contributed by atoms with Gasteiger partial charge in [-0.2, -0.15) is 0 Å². The van der Waals surface area contributed by atoms with Crippen LogP contribution in [0.1, 0.15) is 26.2 Å². The van der Waals surface area contributed by atoms with Crippen LogP contribution in [0, 0.1) is 11.8 Å². The normalized spacial score (nSPS) is 24.3. The van der Waals surface area contributed by atoms with E-state index in [4.69, 9.17) is 5.73 Å². The molecular weight excluding hydrogens is 248 g/mol. The van der Waals surface area contributed by atoms with Gasteiger partial charge in [0.1, 0.15) is 4.90 Å². The van der Waals surface area contributed by atoms with E-state index in [-0.39, 0.29) is 4.90 Å². The maximum absolute atomic E-state index is 12.1. The van der Waals surface area contributed by atoms with Crippen molar-refractivity contribution in [3.63, 3.8) is 0 Å². The van der Waals surface area contributed by atoms with Crippen molar-refractivity contribution in [2.24, 2.45) is 11.8 Å². The number of hydrogen-bond acceptors (Lipinski definition) is 3. The van der Waals surface area contributed by atoms with Gasteiger partial charge in [-0.15, -0.1) is 0 Å². The maximum Gasteiger partial charge on any atom is 0.242 e. The van der Waals surface area contributed by atoms with Crippen LogP contribution in [0.4, 0.5) is 5.69 Å². The standard InChI is InChI=1S/C13H20N2O2S/c1-10-6-7-11(8-10)9-15-18(16,17)13-5-3-2-4-12(13)14/h2-5,10-11,15H,6-9,14H2,1H3. The summed E-state index contributed by atoms with van der Waals surface area (Å²) in [6.45, 7) is 2.73. The van der Waals surface area contributed by atoms with E-state index in [0.717, 1.165) is 12.8 Å². The van der Waals surface area contributed by atoms with Crippen molar-refractivity contribution in [1.82, 2.24) is 4.72 Å². The summed E-state index contributed by atoms with van der Waals surface area (Å²) in [5.74, 6) is 1.17. The summed E-state index contributed by atoms with van der Waals surface area (Å²) in [7, 11) is -3.47. The first-order chi connectivity index (χ1) is 8.49. The van der Waals surface area contributed by atoms with Crippen molar-refractivity contribution in [2.75, 3.05) is 12.3 Å². The van der Waals surface area contributed by atoms with Gasteiger partial charge in [-0.05, 0) is 36.8 Å². The Morgan fingerprint density at radius 1 is 1.33 bits per heavy atom. The molecule has 2 atom stereocenters. The van der Waals surface area contributed by atoms with Crippen molar-refractivity contribution >= 4 is 15.7 Å². The van der Waals surface area contributed by atoms with Crippen LogP contribution in [0.25, 0.3) is 0 Å². The minimum atomic E-state index is -3.47. The molecule has 1 fully saturated rings. The molecule has 2 rings (SSSR count). The molecule has 1 aromatic rings. The SMILES string of the molecule is CC1CCC(CNS(=O)(=O)c2ccccc2N)C1. The van der Waals surface area contributed by atoms with E-state index in [1.165, 1.54) is 12.5 Å². The van der Waals surface area contributed by atoms with Crippen LogP contribution in [0.2, 0.25) is 0 Å². The molecule has 0 heterocycles. The molecule has 1 aliphatic carbocycles. The van der Waals surface area contributed by atoms with E-state index in [9.17, 15) is 8.42 Å². The lowest BCUT2D eigenvalue weighted by atomic mass is 10.1. The zero-order valence-corrected chi connectivity index (χ0v) is 11.4. The zero-order chi connectivity index (χ0) is 13.2. The predicted molar refractivity (Wildman–Crippen MR) is 72.5 cm³/mol. The van der Waals surface area contributed by atoms with Crippen molar-refractivity contribution in [2.45, 2.75) is 31.1 Å². The second-order valence-electron chi connectivity index (χ2n) is 5.17. The number of nitrogens with one attached hydrogen (secondary N) is 1. The van der Waals surface area contributed by atoms with Gasteiger partial charge in [0.05, 0.1) is 5.69 Å². The van der Waals surface area contributed by atoms with E-state index < -0.39 is 10.0 Å². The fraction of sp³-hybridized carbons (Fsp3) is 0.538. The van der Waals surface area contributed by atoms with E-state index in [2.05, 4.69) is 11.6 Å². The Morgan fingerprint density at radius 3 is 2.67 bits per heavy atom. The average Bonchev–Trinajstić information content (AvgIpc) is 2.73. The molecule has 0 amide bonds. The van der Waals surface area contributed by atoms with Gasteiger partial charge in [-0.1, -0.05) is 25.5 Å². The molecule has 1 saturated carbocycles. The Bertz CT molecular complexity index is 513. The smallest absolute Gasteiger partial charge is 0.242 e. The predicted octanol–water partition coefficient (Wildman–Crippen LogP) is 1.98. The lowest BCUT2D eigenvalue weighted by Gasteiger charge is -2.12. The molecule has 18 heavy (non-hydrogen) atoms. The molecule has 1 aliphatic rings. The number of nitrogens with two attached hydrogens (primary N) is 1. The molecule has 2 unspecified atom stereocenters. The molecule has 0 spiro atoms. The Labute approximate surface area is 109 Å². The van der Waals surface area contributed by atoms with E-state index in [0.29, 0.717) is 24.1 Å². The third kappa shape index (κ3) is 3.03. The van der Waals surface area contributed by atoms with Crippen LogP contribution >= 0.6 is 0 Å². The third-order valence-corrected chi connectivity index (χ3v) is 5.07. The zero-order valence-electron chi connectivity index (χ0n) is 10.6. The lowest BCUT2D eigenvalue weighted by molar-refractivity contribution is 0.498. The Balaban J connectivity index is 2.02. The summed E-state index contributed by atoms with van der Waals surface area (Å²) in [6, 6.07) is 6.55. The molecule has 3 N–H and O–H groups in total. The number of hydrogen-bond donors (Lipinski definition) is 2. The number of para-hydroxylation sites is 1. The highest BCUT2D eigenvalue weighted by atomic mass is 32.2. The highest BCUT2D eigenvalue weighted by Crippen LogP contribution is 2.30. The molecule has 0 bridgehead atoms. The quantitative estimate of drug-likeness (QED) is 0.820. The summed E-state index contributed by atoms with van der Waals surface area (Å²) in [5.41, 5.74) is 5.99. The lowest BCUT2D eigenvalue weighted by Crippen LogP contribution is -2.29. The van der Waals surface area contributed by atoms with Gasteiger partial charge in [-0.25, -0.2) is 13.1 Å². The largest absolute Gasteiger partial charge is 0.398 e. The molecule has 0 saturated heterocycles. The second kappa shape index (κ2) is 5.28. The number of anilines is 1. The van der Waals surface area contributed by atoms with Crippen molar-refractivity contribution in [1.29, 1.82) is 0 Å². The van der Waals surface area contributed by atoms with Gasteiger partial charge >= 0.3 is 0 Å². The fourth-order valence-electron chi connectivity index (χ4n) is 2.54. The van der Waals surface area contributed by atoms with Gasteiger partial charge in [0, 0.05) is 6.54 Å². The average molecular weight is 268 g/mol. The first kappa shape index (κ1) is 13.4. The number of benzene rings is 1. The van der Waals surface area contributed by atoms with Gasteiger partial charge in [0.15, 0.2) is 0 Å². The van der Waals surface area contributed by atoms with E-state index in [1.54, 1.807) is 18.2 Å². The summed E-state index contributed by atoms with van der Waals surface area (Å²) in [5, 5.41) is 0. The van der Waals surface area contributed by atoms with Crippen molar-refractivity contribution in [3.8, 4) is 0 Å². The first-order valence-corrected chi connectivity index (χ1v) is 7.81. The summed E-state index contributed by atoms with van der Waals surface area (Å²) >= 11 is 0. The first-order valence-electron chi connectivity index (χ1n) is 6.33. The number of sulfonamides is 1. The van der Waals surface area contributed by atoms with Crippen LogP contribution in [0.5, 0.6) is 0 Å². The highest BCUT2D eigenvalue weighted by Gasteiger charge is 2.24. The van der Waals surface area contributed by atoms with Gasteiger partial charge in [-0.3, -0.25) is 0 Å². The fourth-order valence-corrected chi connectivity index (χ4v) is 3.79. The van der Waals surface area contributed by atoms with E-state index >= 15 is 0 Å². The molecule has 4 nitrogen and oxygen atoms in total. The Hall–Kier alpha value is -1.07. The minimum Gasteiger partial charge on any atom is -0.398 e. The molecule has 5 heteroatoms. The van der Waals surface area contributed by atoms with Gasteiger partial charge in [0.2, 0.25) is 10.0 Å². The topological polar surface area (TPSA) is 72.2 Å². The minimum absolute atomic E-state index is 0.177. The van der Waals surface area contributed by atoms with Gasteiger partial charge in [0.25, 0.3) is 0 Å². The summed E-state index contributed by atoms with van der Waals surface area (Å²) in [6.07, 6.45) is 3.40. The van der Waals surface area contributed by atoms with Crippen molar-refractivity contribution in [3.05, 3.63) is 24.3 Å². The third-order valence-electron chi connectivity index (χ3n) is 3.57. The summed E-state index contributed by atoms with van der Waals surface area (Å²) in [4.78, 5) is 0.177. The van der Waals surface area contributed by atoms with Crippen LogP contribution in [0.3, 0.4) is 0 Å². The van der Waals surface area contributed by atoms with Crippen molar-refractivity contribution < 1.29 is 8.42 Å². The monoisotopic (exact) mass is 268 g/mol. The van der Waals surface area contributed by atoms with E-state index in [1.807, 2.05) is 0 Å². The molecule has 100 valence electrons. The molecule has 0 aliphatic heterocycles. The van der Waals surface area contributed by atoms with Crippen LogP contribution in [-0.4, -0.2) is 15.0 Å². The number of rotatable bonds is 4. The molecule has 0 radical (unpaired) electrons. The molecule has 0 aromatic heterocycles.